The Morgan fingerprint density at radius 1 is 0.857 bits per heavy atom. The van der Waals surface area contributed by atoms with Crippen LogP contribution < -0.4 is 0 Å². The Kier molecular flexibility index (Phi) is 4.38. The number of Topliss-reactive ketones (excluding diaryl/α,β-unsaturated/α-hetero) is 1. The Hall–Kier alpha value is -2.01. The summed E-state index contributed by atoms with van der Waals surface area (Å²) < 4.78 is 5.24. The molecule has 6 rings (SSSR count). The van der Waals surface area contributed by atoms with E-state index < -0.39 is 5.54 Å². The molecule has 1 aliphatic heterocycles. The largest absolute Gasteiger partial charge is 0.632 e. The first-order valence-corrected chi connectivity index (χ1v) is 10.4. The highest BCUT2D eigenvalue weighted by Gasteiger charge is 2.62. The molecule has 4 aliphatic rings. The van der Waals surface area contributed by atoms with Crippen molar-refractivity contribution in [1.82, 2.24) is 0 Å². The summed E-state index contributed by atoms with van der Waals surface area (Å²) in [5, 5.41) is 14.1. The molecule has 0 radical (unpaired) electrons. The fourth-order valence-electron chi connectivity index (χ4n) is 6.11. The van der Waals surface area contributed by atoms with E-state index in [4.69, 9.17) is 4.74 Å². The van der Waals surface area contributed by atoms with Crippen LogP contribution in [0, 0.1) is 11.1 Å². The number of ether oxygens (including phenoxy) is 1. The van der Waals surface area contributed by atoms with Crippen LogP contribution in [0.15, 0.2) is 60.7 Å². The highest BCUT2D eigenvalue weighted by Crippen LogP contribution is 2.60. The van der Waals surface area contributed by atoms with E-state index in [1.54, 1.807) is 0 Å². The summed E-state index contributed by atoms with van der Waals surface area (Å²) in [7, 11) is 0. The van der Waals surface area contributed by atoms with E-state index in [0.29, 0.717) is 32.7 Å². The van der Waals surface area contributed by atoms with Gasteiger partial charge in [-0.1, -0.05) is 60.7 Å². The van der Waals surface area contributed by atoms with E-state index in [9.17, 15) is 10.0 Å². The van der Waals surface area contributed by atoms with Crippen molar-refractivity contribution in [2.24, 2.45) is 5.92 Å². The third-order valence-electron chi connectivity index (χ3n) is 7.46. The zero-order valence-electron chi connectivity index (χ0n) is 16.1. The van der Waals surface area contributed by atoms with Crippen molar-refractivity contribution in [1.29, 1.82) is 0 Å². The van der Waals surface area contributed by atoms with Crippen LogP contribution in [0.4, 0.5) is 0 Å². The summed E-state index contributed by atoms with van der Waals surface area (Å²) in [6.07, 6.45) is 2.04. The molecule has 0 N–H and O–H groups in total. The lowest BCUT2D eigenvalue weighted by atomic mass is 9.52. The van der Waals surface area contributed by atoms with Crippen LogP contribution in [0.25, 0.3) is 0 Å². The monoisotopic (exact) mass is 377 g/mol. The van der Waals surface area contributed by atoms with Gasteiger partial charge in [0.05, 0.1) is 19.6 Å². The number of hydroxylamine groups is 3. The maximum atomic E-state index is 14.1. The second-order valence-corrected chi connectivity index (χ2v) is 8.78. The number of ketones is 1. The summed E-state index contributed by atoms with van der Waals surface area (Å²) >= 11 is 0. The standard InChI is InChI=1S/C24H27NO3/c26-22-17-24(25(27)11-13-28-14-12-25)15-20(18-7-3-1-4-8-18)23(22)21(16-24)19-9-5-2-6-10-19/h1-10,20-21,23H,11-17H2/t20-,21-,23?,24?/m0/s1. The van der Waals surface area contributed by atoms with E-state index in [1.807, 2.05) is 36.4 Å². The van der Waals surface area contributed by atoms with E-state index >= 15 is 0 Å². The minimum atomic E-state index is -0.531. The topological polar surface area (TPSA) is 49.4 Å². The number of carbonyl (C=O) groups excluding carboxylic acids is 1. The normalized spacial score (nSPS) is 34.3. The fourth-order valence-corrected chi connectivity index (χ4v) is 6.11. The molecule has 146 valence electrons. The van der Waals surface area contributed by atoms with Crippen molar-refractivity contribution in [3.8, 4) is 0 Å². The first-order valence-electron chi connectivity index (χ1n) is 10.4. The van der Waals surface area contributed by atoms with Crippen molar-refractivity contribution >= 4 is 5.78 Å². The molecule has 0 amide bonds. The Morgan fingerprint density at radius 2 is 1.36 bits per heavy atom. The second-order valence-electron chi connectivity index (χ2n) is 8.78. The number of rotatable bonds is 3. The molecule has 3 aliphatic carbocycles. The zero-order chi connectivity index (χ0) is 19.2. The molecule has 28 heavy (non-hydrogen) atoms. The average molecular weight is 377 g/mol. The smallest absolute Gasteiger partial charge is 0.143 e. The van der Waals surface area contributed by atoms with Gasteiger partial charge in [-0.25, -0.2) is 0 Å². The molecular weight excluding hydrogens is 350 g/mol. The van der Waals surface area contributed by atoms with Gasteiger partial charge < -0.3 is 14.6 Å². The van der Waals surface area contributed by atoms with Crippen molar-refractivity contribution < 1.29 is 14.2 Å². The molecule has 0 aromatic heterocycles. The third kappa shape index (κ3) is 2.74. The highest BCUT2D eigenvalue weighted by atomic mass is 16.6. The van der Waals surface area contributed by atoms with Crippen LogP contribution in [-0.4, -0.2) is 42.3 Å². The molecule has 4 heteroatoms. The average Bonchev–Trinajstić information content (AvgIpc) is 2.75. The van der Waals surface area contributed by atoms with Gasteiger partial charge in [-0.05, 0) is 11.1 Å². The minimum Gasteiger partial charge on any atom is -0.632 e. The molecule has 2 aromatic rings. The first-order chi connectivity index (χ1) is 13.6. The molecule has 1 heterocycles. The lowest BCUT2D eigenvalue weighted by Crippen LogP contribution is -2.71. The summed E-state index contributed by atoms with van der Waals surface area (Å²) in [6.45, 7) is 1.91. The molecule has 4 nitrogen and oxygen atoms in total. The Balaban J connectivity index is 1.62. The summed E-state index contributed by atoms with van der Waals surface area (Å²) in [6, 6.07) is 20.7. The van der Waals surface area contributed by atoms with E-state index in [-0.39, 0.29) is 28.2 Å². The van der Waals surface area contributed by atoms with Crippen molar-refractivity contribution in [3.63, 3.8) is 0 Å². The Bertz CT molecular complexity index is 795. The zero-order valence-corrected chi connectivity index (χ0v) is 16.1. The maximum absolute atomic E-state index is 14.1. The molecule has 1 saturated heterocycles. The number of hydrogen-bond donors (Lipinski definition) is 0. The Morgan fingerprint density at radius 3 is 1.86 bits per heavy atom. The minimum absolute atomic E-state index is 0.0284. The van der Waals surface area contributed by atoms with Crippen LogP contribution in [0.1, 0.15) is 42.2 Å². The summed E-state index contributed by atoms with van der Waals surface area (Å²) in [5.41, 5.74) is 1.87. The van der Waals surface area contributed by atoms with Gasteiger partial charge in [0.1, 0.15) is 24.4 Å². The number of nitrogens with zero attached hydrogens (tertiary/aromatic N) is 1. The molecule has 0 unspecified atom stereocenters. The molecule has 2 bridgehead atoms. The van der Waals surface area contributed by atoms with Gasteiger partial charge in [0.15, 0.2) is 0 Å². The maximum Gasteiger partial charge on any atom is 0.143 e. The number of carbonyl (C=O) groups is 1. The molecule has 4 fully saturated rings. The van der Waals surface area contributed by atoms with Crippen LogP contribution in [0.5, 0.6) is 0 Å². The third-order valence-corrected chi connectivity index (χ3v) is 7.46. The highest BCUT2D eigenvalue weighted by molar-refractivity contribution is 5.86. The number of fused-ring (bicyclic) bond motifs is 3. The van der Waals surface area contributed by atoms with Crippen LogP contribution in [-0.2, 0) is 9.53 Å². The number of morpholine rings is 1. The molecule has 0 spiro atoms. The number of benzene rings is 2. The predicted octanol–water partition coefficient (Wildman–Crippen LogP) is 4.02. The van der Waals surface area contributed by atoms with Gasteiger partial charge in [0.2, 0.25) is 0 Å². The number of quaternary nitrogens is 1. The lowest BCUT2D eigenvalue weighted by Gasteiger charge is -2.65. The van der Waals surface area contributed by atoms with E-state index in [0.717, 1.165) is 12.8 Å². The van der Waals surface area contributed by atoms with E-state index in [2.05, 4.69) is 24.3 Å². The summed E-state index contributed by atoms with van der Waals surface area (Å²) in [5.74, 6) is 0.487. The van der Waals surface area contributed by atoms with E-state index in [1.165, 1.54) is 11.1 Å². The van der Waals surface area contributed by atoms with Crippen molar-refractivity contribution in [3.05, 3.63) is 77.0 Å². The number of hydrogen-bond acceptors (Lipinski definition) is 3. The van der Waals surface area contributed by atoms with Crippen LogP contribution in [0.3, 0.4) is 0 Å². The van der Waals surface area contributed by atoms with Gasteiger partial charge in [-0.15, -0.1) is 0 Å². The van der Waals surface area contributed by atoms with Gasteiger partial charge in [-0.3, -0.25) is 4.79 Å². The van der Waals surface area contributed by atoms with Gasteiger partial charge in [-0.2, -0.15) is 0 Å². The summed E-state index contributed by atoms with van der Waals surface area (Å²) in [4.78, 5) is 13.4. The van der Waals surface area contributed by atoms with Gasteiger partial charge >= 0.3 is 0 Å². The van der Waals surface area contributed by atoms with Crippen molar-refractivity contribution in [2.45, 2.75) is 36.6 Å². The van der Waals surface area contributed by atoms with Gasteiger partial charge in [0.25, 0.3) is 0 Å². The Labute approximate surface area is 166 Å². The van der Waals surface area contributed by atoms with Crippen molar-refractivity contribution in [2.75, 3.05) is 26.3 Å². The van der Waals surface area contributed by atoms with Crippen LogP contribution in [0.2, 0.25) is 0 Å². The fraction of sp³-hybridized carbons (Fsp3) is 0.458. The molecular formula is C24H27NO3. The SMILES string of the molecule is O=C1CC2([N+]3([O-])CCOCC3)C[C@@H](c3ccccc3)C1[C@H](c1ccccc1)C2. The molecule has 3 saturated carbocycles. The van der Waals surface area contributed by atoms with Gasteiger partial charge in [0, 0.05) is 30.6 Å². The quantitative estimate of drug-likeness (QED) is 0.600. The predicted molar refractivity (Wildman–Crippen MR) is 108 cm³/mol. The molecule has 2 atom stereocenters. The lowest BCUT2D eigenvalue weighted by molar-refractivity contribution is -0.942. The van der Waals surface area contributed by atoms with Crippen LogP contribution >= 0.6 is 0 Å². The first kappa shape index (κ1) is 18.0. The second kappa shape index (κ2) is 6.80. The molecule has 2 aromatic carbocycles.